The summed E-state index contributed by atoms with van der Waals surface area (Å²) in [6.45, 7) is 0. The van der Waals surface area contributed by atoms with Crippen molar-refractivity contribution < 1.29 is 8.83 Å². The minimum Gasteiger partial charge on any atom is -0.456 e. The summed E-state index contributed by atoms with van der Waals surface area (Å²) in [6, 6.07) is 72.3. The first-order valence-corrected chi connectivity index (χ1v) is 21.6. The zero-order valence-electron chi connectivity index (χ0n) is 34.2. The van der Waals surface area contributed by atoms with Crippen LogP contribution in [0, 0.1) is 0 Å². The van der Waals surface area contributed by atoms with Crippen LogP contribution in [0.2, 0.25) is 0 Å². The first-order chi connectivity index (χ1) is 31.7. The summed E-state index contributed by atoms with van der Waals surface area (Å²) in [5.74, 6) is 0.630. The number of rotatable bonds is 5. The van der Waals surface area contributed by atoms with E-state index < -0.39 is 0 Å². The van der Waals surface area contributed by atoms with Gasteiger partial charge in [0.05, 0.1) is 39.0 Å². The van der Waals surface area contributed by atoms with Crippen LogP contribution in [0.25, 0.3) is 133 Å². The molecule has 14 rings (SSSR count). The van der Waals surface area contributed by atoms with E-state index in [1.54, 1.807) is 0 Å². The maximum absolute atomic E-state index is 7.10. The zero-order valence-corrected chi connectivity index (χ0v) is 34.2. The zero-order chi connectivity index (χ0) is 41.9. The lowest BCUT2D eigenvalue weighted by Crippen LogP contribution is -1.96. The van der Waals surface area contributed by atoms with Crippen LogP contribution in [0.1, 0.15) is 0 Å². The topological polar surface area (TPSA) is 61.9 Å². The highest BCUT2D eigenvalue weighted by atomic mass is 16.3. The predicted molar refractivity (Wildman–Crippen MR) is 262 cm³/mol. The van der Waals surface area contributed by atoms with Gasteiger partial charge in [-0.05, 0) is 72.8 Å². The van der Waals surface area contributed by atoms with Crippen molar-refractivity contribution in [3.05, 3.63) is 206 Å². The summed E-state index contributed by atoms with van der Waals surface area (Å²) in [5.41, 5.74) is 14.1. The van der Waals surface area contributed by atoms with Crippen LogP contribution in [0.3, 0.4) is 0 Å². The van der Waals surface area contributed by atoms with Crippen molar-refractivity contribution in [3.63, 3.8) is 0 Å². The molecular weight excluding hydrogens is 785 g/mol. The van der Waals surface area contributed by atoms with Crippen molar-refractivity contribution in [2.45, 2.75) is 0 Å². The second kappa shape index (κ2) is 13.4. The molecule has 5 heterocycles. The summed E-state index contributed by atoms with van der Waals surface area (Å²) >= 11 is 0. The first-order valence-electron chi connectivity index (χ1n) is 21.6. The first kappa shape index (κ1) is 34.9. The highest BCUT2D eigenvalue weighted by molar-refractivity contribution is 6.24. The number of fused-ring (bicyclic) bond motifs is 12. The number of aromatic nitrogens is 4. The summed E-state index contributed by atoms with van der Waals surface area (Å²) in [4.78, 5) is 10.6. The van der Waals surface area contributed by atoms with E-state index in [1.165, 1.54) is 21.5 Å². The summed E-state index contributed by atoms with van der Waals surface area (Å²) in [7, 11) is 0. The molecule has 0 saturated heterocycles. The van der Waals surface area contributed by atoms with Crippen molar-refractivity contribution in [1.82, 2.24) is 19.1 Å². The molecular formula is C58H34N4O2. The van der Waals surface area contributed by atoms with Gasteiger partial charge in [-0.2, -0.15) is 0 Å². The molecule has 6 heteroatoms. The molecule has 14 aromatic rings. The molecule has 5 aromatic heterocycles. The van der Waals surface area contributed by atoms with Crippen LogP contribution in [-0.2, 0) is 0 Å². The third-order valence-corrected chi connectivity index (χ3v) is 12.9. The maximum Gasteiger partial charge on any atom is 0.160 e. The van der Waals surface area contributed by atoms with Gasteiger partial charge in [0, 0.05) is 65.6 Å². The van der Waals surface area contributed by atoms with Gasteiger partial charge >= 0.3 is 0 Å². The average molecular weight is 819 g/mol. The number of hydrogen-bond acceptors (Lipinski definition) is 4. The molecule has 0 amide bonds. The van der Waals surface area contributed by atoms with Gasteiger partial charge in [-0.1, -0.05) is 133 Å². The van der Waals surface area contributed by atoms with Gasteiger partial charge in [0.1, 0.15) is 22.3 Å². The Labute approximate surface area is 365 Å². The van der Waals surface area contributed by atoms with E-state index in [9.17, 15) is 0 Å². The third-order valence-electron chi connectivity index (χ3n) is 12.9. The summed E-state index contributed by atoms with van der Waals surface area (Å²) in [5, 5.41) is 8.70. The van der Waals surface area contributed by atoms with E-state index in [1.807, 2.05) is 36.4 Å². The second-order valence-corrected chi connectivity index (χ2v) is 16.5. The standard InChI is InChI=1S/C58H34N4O2/c1-3-15-35(16-4-1)46-34-47(60-58(59-46)36-17-5-2-6-18-36)56-55-45-32-38(62-50-25-13-9-21-41(50)42-22-10-14-26-51(42)62)28-30-53(45)63-54(55)33-44-43-31-37(27-29-52(43)64-57(44)56)61-48-23-11-7-19-39(48)40-20-8-12-24-49(40)61/h1-34H. The molecule has 0 aliphatic heterocycles. The summed E-state index contributed by atoms with van der Waals surface area (Å²) in [6.07, 6.45) is 0. The Morgan fingerprint density at radius 3 is 1.36 bits per heavy atom. The minimum absolute atomic E-state index is 0.630. The molecule has 298 valence electrons. The van der Waals surface area contributed by atoms with E-state index in [4.69, 9.17) is 18.8 Å². The molecule has 9 aromatic carbocycles. The van der Waals surface area contributed by atoms with Gasteiger partial charge in [-0.25, -0.2) is 9.97 Å². The minimum atomic E-state index is 0.630. The molecule has 0 radical (unpaired) electrons. The molecule has 6 nitrogen and oxygen atoms in total. The molecule has 0 aliphatic carbocycles. The van der Waals surface area contributed by atoms with Crippen LogP contribution < -0.4 is 0 Å². The number of hydrogen-bond donors (Lipinski definition) is 0. The van der Waals surface area contributed by atoms with E-state index in [0.717, 1.165) is 105 Å². The number of para-hydroxylation sites is 4. The fourth-order valence-electron chi connectivity index (χ4n) is 10.1. The molecule has 0 N–H and O–H groups in total. The van der Waals surface area contributed by atoms with Crippen molar-refractivity contribution in [1.29, 1.82) is 0 Å². The Balaban J connectivity index is 1.09. The quantitative estimate of drug-likeness (QED) is 0.174. The van der Waals surface area contributed by atoms with E-state index in [2.05, 4.69) is 179 Å². The normalized spacial score (nSPS) is 12.1. The van der Waals surface area contributed by atoms with Gasteiger partial charge in [0.25, 0.3) is 0 Å². The Bertz CT molecular complexity index is 4020. The molecule has 0 spiro atoms. The predicted octanol–water partition coefficient (Wildman–Crippen LogP) is 15.5. The van der Waals surface area contributed by atoms with Crippen LogP contribution in [0.5, 0.6) is 0 Å². The van der Waals surface area contributed by atoms with Crippen LogP contribution in [-0.4, -0.2) is 19.1 Å². The Kier molecular flexibility index (Phi) is 7.30. The Morgan fingerprint density at radius 1 is 0.328 bits per heavy atom. The lowest BCUT2D eigenvalue weighted by Gasteiger charge is -2.11. The van der Waals surface area contributed by atoms with Crippen LogP contribution in [0.4, 0.5) is 0 Å². The highest BCUT2D eigenvalue weighted by Crippen LogP contribution is 2.47. The SMILES string of the molecule is c1ccc(-c2cc(-c3c4oc5ccc(-n6c7ccccc7c7ccccc76)cc5c4cc4oc5ccc(-n6c7ccccc7c7ccccc76)cc5c34)nc(-c3ccccc3)n2)cc1. The molecule has 0 fully saturated rings. The molecule has 0 bridgehead atoms. The lowest BCUT2D eigenvalue weighted by atomic mass is 9.98. The molecule has 0 saturated carbocycles. The van der Waals surface area contributed by atoms with Crippen molar-refractivity contribution in [3.8, 4) is 45.3 Å². The van der Waals surface area contributed by atoms with Gasteiger partial charge in [0.2, 0.25) is 0 Å². The summed E-state index contributed by atoms with van der Waals surface area (Å²) < 4.78 is 18.7. The monoisotopic (exact) mass is 818 g/mol. The van der Waals surface area contributed by atoms with E-state index in [-0.39, 0.29) is 0 Å². The second-order valence-electron chi connectivity index (χ2n) is 16.5. The fraction of sp³-hybridized carbons (Fsp3) is 0. The Morgan fingerprint density at radius 2 is 0.797 bits per heavy atom. The fourth-order valence-corrected chi connectivity index (χ4v) is 10.1. The van der Waals surface area contributed by atoms with Crippen molar-refractivity contribution >= 4 is 87.5 Å². The van der Waals surface area contributed by atoms with E-state index >= 15 is 0 Å². The lowest BCUT2D eigenvalue weighted by molar-refractivity contribution is 0.664. The molecule has 0 unspecified atom stereocenters. The number of benzene rings is 9. The largest absolute Gasteiger partial charge is 0.456 e. The molecule has 0 atom stereocenters. The van der Waals surface area contributed by atoms with Gasteiger partial charge in [-0.3, -0.25) is 0 Å². The number of furan rings is 2. The number of nitrogens with zero attached hydrogens (tertiary/aromatic N) is 4. The average Bonchev–Trinajstić information content (AvgIpc) is 4.11. The smallest absolute Gasteiger partial charge is 0.160 e. The Hall–Kier alpha value is -8.74. The van der Waals surface area contributed by atoms with Crippen molar-refractivity contribution in [2.75, 3.05) is 0 Å². The van der Waals surface area contributed by atoms with Gasteiger partial charge < -0.3 is 18.0 Å². The van der Waals surface area contributed by atoms with Crippen LogP contribution >= 0.6 is 0 Å². The van der Waals surface area contributed by atoms with E-state index in [0.29, 0.717) is 5.82 Å². The third kappa shape index (κ3) is 5.08. The highest BCUT2D eigenvalue weighted by Gasteiger charge is 2.25. The van der Waals surface area contributed by atoms with Crippen molar-refractivity contribution in [2.24, 2.45) is 0 Å². The van der Waals surface area contributed by atoms with Crippen LogP contribution in [0.15, 0.2) is 215 Å². The van der Waals surface area contributed by atoms with Gasteiger partial charge in [0.15, 0.2) is 5.82 Å². The van der Waals surface area contributed by atoms with Gasteiger partial charge in [-0.15, -0.1) is 0 Å². The molecule has 0 aliphatic rings. The molecule has 64 heavy (non-hydrogen) atoms. The maximum atomic E-state index is 7.10.